The van der Waals surface area contributed by atoms with Gasteiger partial charge in [0.15, 0.2) is 0 Å². The zero-order valence-electron chi connectivity index (χ0n) is 27.4. The van der Waals surface area contributed by atoms with Gasteiger partial charge < -0.3 is 0 Å². The van der Waals surface area contributed by atoms with Gasteiger partial charge in [-0.3, -0.25) is 0 Å². The molecule has 0 saturated heterocycles. The van der Waals surface area contributed by atoms with Gasteiger partial charge in [-0.1, -0.05) is 0 Å². The number of rotatable bonds is 12. The summed E-state index contributed by atoms with van der Waals surface area (Å²) in [6.07, 6.45) is -4.15. The second kappa shape index (κ2) is 15.0. The Morgan fingerprint density at radius 1 is 0.620 bits per heavy atom. The standard InChI is InChI=1S/C41H37F6O2P/c1-4-6-29-10-22-38(48)36(26-29)37-27-30(7-5-2)11-23-39(37)49-24-25-50(33-16-8-28(3)9-17-33,34-18-12-31(13-19-34)40(42,43)44)35-20-14-32(15-21-35)41(45,46)47/h4-5,8-23,26-27,48,50H,1-2,6-7,24-25H2,3H3. The summed E-state index contributed by atoms with van der Waals surface area (Å²) in [6, 6.07) is 28.3. The molecule has 0 bridgehead atoms. The molecule has 0 saturated carbocycles. The number of halogens is 6. The van der Waals surface area contributed by atoms with E-state index in [1.165, 1.54) is 24.3 Å². The maximum atomic E-state index is 13.7. The first-order valence-electron chi connectivity index (χ1n) is 16.0. The quantitative estimate of drug-likeness (QED) is 0.0796. The van der Waals surface area contributed by atoms with Crippen LogP contribution in [0.1, 0.15) is 27.8 Å². The molecule has 0 radical (unpaired) electrons. The number of benzene rings is 5. The first-order chi connectivity index (χ1) is 23.8. The van der Waals surface area contributed by atoms with E-state index >= 15 is 0 Å². The Morgan fingerprint density at radius 3 is 1.52 bits per heavy atom. The maximum absolute atomic E-state index is 13.7. The van der Waals surface area contributed by atoms with Crippen LogP contribution in [-0.2, 0) is 25.2 Å². The van der Waals surface area contributed by atoms with Crippen molar-refractivity contribution in [1.82, 2.24) is 0 Å². The third-order valence-corrected chi connectivity index (χ3v) is 13.8. The summed E-state index contributed by atoms with van der Waals surface area (Å²) in [7, 11) is -3.35. The van der Waals surface area contributed by atoms with Crippen molar-refractivity contribution in [3.05, 3.63) is 162 Å². The Morgan fingerprint density at radius 2 is 1.06 bits per heavy atom. The fourth-order valence-corrected chi connectivity index (χ4v) is 10.8. The van der Waals surface area contributed by atoms with E-state index in [0.29, 0.717) is 40.3 Å². The number of alkyl halides is 6. The Bertz CT molecular complexity index is 1890. The summed E-state index contributed by atoms with van der Waals surface area (Å²) in [5.74, 6) is 0.520. The van der Waals surface area contributed by atoms with Crippen LogP contribution in [0.4, 0.5) is 26.3 Å². The van der Waals surface area contributed by atoms with Crippen molar-refractivity contribution in [2.45, 2.75) is 32.1 Å². The fourth-order valence-electron chi connectivity index (χ4n) is 6.27. The fraction of sp³-hybridized carbons (Fsp3) is 0.171. The monoisotopic (exact) mass is 706 g/mol. The van der Waals surface area contributed by atoms with E-state index in [2.05, 4.69) is 13.2 Å². The topological polar surface area (TPSA) is 29.5 Å². The van der Waals surface area contributed by atoms with Gasteiger partial charge in [-0.05, 0) is 0 Å². The van der Waals surface area contributed by atoms with Gasteiger partial charge in [-0.15, -0.1) is 0 Å². The number of aromatic hydroxyl groups is 1. The second-order valence-corrected chi connectivity index (χ2v) is 16.2. The molecule has 0 amide bonds. The zero-order chi connectivity index (χ0) is 36.1. The van der Waals surface area contributed by atoms with Crippen LogP contribution in [0.3, 0.4) is 0 Å². The number of phenolic OH excluding ortho intramolecular Hbond substituents is 1. The number of ether oxygens (including phenoxy) is 1. The summed E-state index contributed by atoms with van der Waals surface area (Å²) in [5.41, 5.74) is 2.38. The number of phenols is 1. The van der Waals surface area contributed by atoms with Gasteiger partial charge in [0.25, 0.3) is 0 Å². The van der Waals surface area contributed by atoms with Crippen LogP contribution < -0.4 is 20.7 Å². The second-order valence-electron chi connectivity index (χ2n) is 12.2. The van der Waals surface area contributed by atoms with Crippen LogP contribution in [0.5, 0.6) is 11.5 Å². The van der Waals surface area contributed by atoms with Crippen LogP contribution >= 0.6 is 7.26 Å². The van der Waals surface area contributed by atoms with Gasteiger partial charge in [-0.2, -0.15) is 0 Å². The van der Waals surface area contributed by atoms with Crippen molar-refractivity contribution < 1.29 is 36.2 Å². The molecule has 0 fully saturated rings. The van der Waals surface area contributed by atoms with E-state index in [1.807, 2.05) is 55.5 Å². The van der Waals surface area contributed by atoms with Crippen molar-refractivity contribution in [2.75, 3.05) is 12.8 Å². The molecule has 0 unspecified atom stereocenters. The average Bonchev–Trinajstić information content (AvgIpc) is 3.08. The number of allylic oxidation sites excluding steroid dienone is 2. The number of aryl methyl sites for hydroxylation is 1. The molecule has 0 spiro atoms. The Balaban J connectivity index is 1.64. The Labute approximate surface area is 288 Å². The molecule has 0 aliphatic carbocycles. The molecule has 5 rings (SSSR count). The van der Waals surface area contributed by atoms with Crippen LogP contribution in [-0.4, -0.2) is 17.9 Å². The van der Waals surface area contributed by atoms with Crippen molar-refractivity contribution in [1.29, 1.82) is 0 Å². The van der Waals surface area contributed by atoms with Gasteiger partial charge in [0.05, 0.1) is 0 Å². The van der Waals surface area contributed by atoms with Gasteiger partial charge in [-0.25, -0.2) is 0 Å². The van der Waals surface area contributed by atoms with Crippen molar-refractivity contribution in [2.24, 2.45) is 0 Å². The van der Waals surface area contributed by atoms with E-state index in [0.717, 1.165) is 46.3 Å². The normalized spacial score (nSPS) is 12.4. The molecule has 0 aromatic heterocycles. The van der Waals surface area contributed by atoms with Crippen molar-refractivity contribution in [3.8, 4) is 22.6 Å². The summed E-state index contributed by atoms with van der Waals surface area (Å²) in [6.45, 7) is 9.62. The Hall–Kier alpha value is -4.81. The van der Waals surface area contributed by atoms with Gasteiger partial charge in [0.2, 0.25) is 0 Å². The third kappa shape index (κ3) is 7.97. The predicted molar refractivity (Wildman–Crippen MR) is 193 cm³/mol. The molecule has 2 nitrogen and oxygen atoms in total. The van der Waals surface area contributed by atoms with Crippen LogP contribution in [0, 0.1) is 6.92 Å². The van der Waals surface area contributed by atoms with E-state index in [4.69, 9.17) is 4.74 Å². The predicted octanol–water partition coefficient (Wildman–Crippen LogP) is 9.97. The number of hydrogen-bond acceptors (Lipinski definition) is 2. The summed E-state index contributed by atoms with van der Waals surface area (Å²) >= 11 is 0. The molecule has 260 valence electrons. The molecule has 5 aromatic rings. The summed E-state index contributed by atoms with van der Waals surface area (Å²) in [4.78, 5) is 0. The molecule has 0 aliphatic rings. The van der Waals surface area contributed by atoms with Gasteiger partial charge in [0.1, 0.15) is 0 Å². The van der Waals surface area contributed by atoms with Crippen LogP contribution in [0.2, 0.25) is 0 Å². The molecular formula is C41H37F6O2P. The molecule has 0 atom stereocenters. The third-order valence-electron chi connectivity index (χ3n) is 8.84. The molecule has 0 aliphatic heterocycles. The first kappa shape index (κ1) is 36.5. The minimum absolute atomic E-state index is 0.0521. The van der Waals surface area contributed by atoms with Gasteiger partial charge in [0, 0.05) is 0 Å². The van der Waals surface area contributed by atoms with Crippen molar-refractivity contribution in [3.63, 3.8) is 0 Å². The van der Waals surface area contributed by atoms with E-state index in [-0.39, 0.29) is 18.5 Å². The molecule has 1 N–H and O–H groups in total. The molecular weight excluding hydrogens is 669 g/mol. The molecule has 9 heteroatoms. The van der Waals surface area contributed by atoms with Gasteiger partial charge >= 0.3 is 289 Å². The van der Waals surface area contributed by atoms with Crippen LogP contribution in [0.15, 0.2) is 135 Å². The Kier molecular flexibility index (Phi) is 10.9. The molecule has 0 heterocycles. The van der Waals surface area contributed by atoms with Crippen LogP contribution in [0.25, 0.3) is 11.1 Å². The first-order valence-corrected chi connectivity index (χ1v) is 18.2. The average molecular weight is 707 g/mol. The zero-order valence-corrected chi connectivity index (χ0v) is 28.4. The number of hydrogen-bond donors (Lipinski definition) is 1. The SMILES string of the molecule is C=CCc1ccc(O)c(-c2cc(CC=C)ccc2OCC[PH](c2ccc(C)cc2)(c2ccc(C(F)(F)F)cc2)c2ccc(C(F)(F)F)cc2)c1. The van der Waals surface area contributed by atoms with E-state index in [9.17, 15) is 31.4 Å². The summed E-state index contributed by atoms with van der Waals surface area (Å²) in [5, 5.41) is 12.9. The van der Waals surface area contributed by atoms with E-state index in [1.54, 1.807) is 24.3 Å². The molecule has 50 heavy (non-hydrogen) atoms. The minimum atomic E-state index is -4.56. The van der Waals surface area contributed by atoms with Crippen molar-refractivity contribution >= 4 is 23.2 Å². The summed E-state index contributed by atoms with van der Waals surface area (Å²) < 4.78 is 88.5. The van der Waals surface area contributed by atoms with E-state index < -0.39 is 30.7 Å². The molecule has 5 aromatic carbocycles.